The maximum absolute atomic E-state index is 13.9. The van der Waals surface area contributed by atoms with E-state index in [0.717, 1.165) is 33.6 Å². The number of aliphatic carboxylic acids is 1. The van der Waals surface area contributed by atoms with Crippen LogP contribution in [0.2, 0.25) is 0 Å². The van der Waals surface area contributed by atoms with Crippen LogP contribution in [0.1, 0.15) is 39.2 Å². The number of hydrogen-bond donors (Lipinski definition) is 6. The Morgan fingerprint density at radius 3 is 2.60 bits per heavy atom. The van der Waals surface area contributed by atoms with Gasteiger partial charge in [0.2, 0.25) is 0 Å². The van der Waals surface area contributed by atoms with Crippen LogP contribution in [0.25, 0.3) is 11.1 Å². The minimum atomic E-state index is -4.24. The minimum absolute atomic E-state index is 0.0183. The van der Waals surface area contributed by atoms with Crippen LogP contribution in [0.4, 0.5) is 5.69 Å². The summed E-state index contributed by atoms with van der Waals surface area (Å²) in [6.07, 6.45) is 4.43. The molecule has 0 bridgehead atoms. The predicted octanol–water partition coefficient (Wildman–Crippen LogP) is 3.07. The highest BCUT2D eigenvalue weighted by Crippen LogP contribution is 2.39. The van der Waals surface area contributed by atoms with E-state index in [4.69, 9.17) is 16.2 Å². The number of carbonyl (C=O) groups excluding carboxylic acids is 1. The molecule has 1 amide bonds. The maximum Gasteiger partial charge on any atom is 0.326 e. The number of fused-ring (bicyclic) bond motifs is 1. The molecule has 1 aliphatic rings. The van der Waals surface area contributed by atoms with E-state index in [1.807, 2.05) is 42.5 Å². The molecule has 2 aromatic carbocycles. The summed E-state index contributed by atoms with van der Waals surface area (Å²) in [6, 6.07) is 15.5. The molecule has 8 N–H and O–H groups in total. The van der Waals surface area contributed by atoms with E-state index in [1.165, 1.54) is 6.07 Å². The lowest BCUT2D eigenvalue weighted by Crippen LogP contribution is -2.40. The Kier molecular flexibility index (Phi) is 10.7. The van der Waals surface area contributed by atoms with Crippen molar-refractivity contribution in [2.75, 3.05) is 17.9 Å². The van der Waals surface area contributed by atoms with Crippen molar-refractivity contribution in [1.29, 1.82) is 0 Å². The molecule has 5 rings (SSSR count). The third-order valence-electron chi connectivity index (χ3n) is 7.37. The Hall–Kier alpha value is -4.99. The molecule has 0 spiro atoms. The summed E-state index contributed by atoms with van der Waals surface area (Å²) in [4.78, 5) is 32.7. The van der Waals surface area contributed by atoms with Crippen molar-refractivity contribution in [2.24, 2.45) is 16.5 Å². The van der Waals surface area contributed by atoms with Crippen molar-refractivity contribution in [1.82, 2.24) is 15.6 Å². The Bertz CT molecular complexity index is 1880. The largest absolute Gasteiger partial charge is 0.492 e. The summed E-state index contributed by atoms with van der Waals surface area (Å²) in [5.41, 5.74) is 15.1. The molecule has 3 heterocycles. The van der Waals surface area contributed by atoms with E-state index in [0.29, 0.717) is 38.1 Å². The summed E-state index contributed by atoms with van der Waals surface area (Å²) in [6.45, 7) is 1.83. The maximum atomic E-state index is 13.9. The van der Waals surface area contributed by atoms with Gasteiger partial charge in [0.05, 0.1) is 12.3 Å². The smallest absolute Gasteiger partial charge is 0.326 e. The predicted molar refractivity (Wildman–Crippen MR) is 180 cm³/mol. The summed E-state index contributed by atoms with van der Waals surface area (Å²) in [7, 11) is -4.24. The van der Waals surface area contributed by atoms with Gasteiger partial charge in [-0.15, -0.1) is 11.3 Å². The van der Waals surface area contributed by atoms with Gasteiger partial charge in [0.1, 0.15) is 21.6 Å². The zero-order chi connectivity index (χ0) is 33.4. The van der Waals surface area contributed by atoms with Crippen molar-refractivity contribution < 1.29 is 27.9 Å². The molecule has 2 aromatic heterocycles. The standard InChI is InChI=1S/C32H35N7O6S2/c33-32(34)37-10-2-5-26(31(41)42)38-30(40)29-25(9-14-46-29)39-47(43,44)27-17-24(16-23-8-13-45-28(23)27)22-4-1-3-21(15-22)19-36-18-20-6-11-35-12-7-20/h1,3-4,6-7,9,11-12,14-17,26,36,39H,2,5,8,10,13,18-19H2,(H,38,40)(H,41,42)(H4,33,34,37)/t26-/m0/s1. The van der Waals surface area contributed by atoms with Gasteiger partial charge in [-0.25, -0.2) is 13.2 Å². The van der Waals surface area contributed by atoms with Gasteiger partial charge in [-0.05, 0) is 82.4 Å². The van der Waals surface area contributed by atoms with Crippen LogP contribution >= 0.6 is 11.3 Å². The quantitative estimate of drug-likeness (QED) is 0.0615. The van der Waals surface area contributed by atoms with E-state index in [-0.39, 0.29) is 40.1 Å². The number of pyridine rings is 1. The van der Waals surface area contributed by atoms with Crippen LogP contribution in [0.15, 0.2) is 82.3 Å². The van der Waals surface area contributed by atoms with Crippen LogP contribution in [-0.4, -0.2) is 55.5 Å². The van der Waals surface area contributed by atoms with Crippen molar-refractivity contribution >= 4 is 44.9 Å². The second-order valence-electron chi connectivity index (χ2n) is 10.8. The van der Waals surface area contributed by atoms with E-state index < -0.39 is 27.9 Å². The lowest BCUT2D eigenvalue weighted by atomic mass is 10.00. The van der Waals surface area contributed by atoms with E-state index in [1.54, 1.807) is 23.8 Å². The number of sulfonamides is 1. The van der Waals surface area contributed by atoms with Gasteiger partial charge < -0.3 is 31.9 Å². The third kappa shape index (κ3) is 8.64. The Balaban J connectivity index is 1.33. The van der Waals surface area contributed by atoms with Gasteiger partial charge >= 0.3 is 5.97 Å². The molecule has 1 aliphatic heterocycles. The number of nitrogens with zero attached hydrogens (tertiary/aromatic N) is 2. The Morgan fingerprint density at radius 1 is 1.04 bits per heavy atom. The van der Waals surface area contributed by atoms with Gasteiger partial charge in [-0.3, -0.25) is 19.5 Å². The first-order valence-electron chi connectivity index (χ1n) is 14.8. The number of nitrogens with two attached hydrogens (primary N) is 2. The lowest BCUT2D eigenvalue weighted by Gasteiger charge is -2.16. The zero-order valence-corrected chi connectivity index (χ0v) is 26.9. The fraction of sp³-hybridized carbons (Fsp3) is 0.250. The fourth-order valence-corrected chi connectivity index (χ4v) is 7.20. The normalized spacial score (nSPS) is 12.9. The molecule has 13 nitrogen and oxygen atoms in total. The number of benzene rings is 2. The number of aliphatic imine (C=N–C) groups is 1. The number of rotatable bonds is 15. The van der Waals surface area contributed by atoms with Gasteiger partial charge in [-0.2, -0.15) is 0 Å². The van der Waals surface area contributed by atoms with E-state index in [9.17, 15) is 23.1 Å². The van der Waals surface area contributed by atoms with Crippen molar-refractivity contribution in [3.8, 4) is 16.9 Å². The van der Waals surface area contributed by atoms with Crippen LogP contribution < -0.4 is 31.6 Å². The number of hydrogen-bond acceptors (Lipinski definition) is 9. The highest BCUT2D eigenvalue weighted by Gasteiger charge is 2.29. The lowest BCUT2D eigenvalue weighted by molar-refractivity contribution is -0.139. The second kappa shape index (κ2) is 15.1. The molecule has 0 fully saturated rings. The minimum Gasteiger partial charge on any atom is -0.492 e. The third-order valence-corrected chi connectivity index (χ3v) is 9.66. The number of thiophene rings is 1. The molecule has 0 unspecified atom stereocenters. The number of aromatic nitrogens is 1. The number of ether oxygens (including phenoxy) is 1. The molecule has 1 atom stereocenters. The van der Waals surface area contributed by atoms with Crippen molar-refractivity contribution in [2.45, 2.75) is 43.3 Å². The molecular weight excluding hydrogens is 643 g/mol. The molecule has 0 aliphatic carbocycles. The second-order valence-corrected chi connectivity index (χ2v) is 13.4. The number of anilines is 1. The van der Waals surface area contributed by atoms with E-state index in [2.05, 4.69) is 25.3 Å². The molecule has 4 aromatic rings. The number of amides is 1. The summed E-state index contributed by atoms with van der Waals surface area (Å²) in [5.74, 6) is -1.81. The van der Waals surface area contributed by atoms with Crippen LogP contribution in [0.3, 0.4) is 0 Å². The number of nitrogens with one attached hydrogen (secondary N) is 3. The first kappa shape index (κ1) is 33.4. The van der Waals surface area contributed by atoms with Crippen molar-refractivity contribution in [3.63, 3.8) is 0 Å². The SMILES string of the molecule is NC(N)=NCCC[C@H](NC(=O)c1sccc1NS(=O)(=O)c1cc(-c2cccc(CNCc3ccncc3)c2)cc2c1OCC2)C(=O)O. The van der Waals surface area contributed by atoms with Crippen LogP contribution in [0.5, 0.6) is 5.75 Å². The first-order valence-corrected chi connectivity index (χ1v) is 17.1. The molecule has 0 saturated carbocycles. The molecule has 0 saturated heterocycles. The van der Waals surface area contributed by atoms with Gasteiger partial charge in [0.15, 0.2) is 5.96 Å². The summed E-state index contributed by atoms with van der Waals surface area (Å²) in [5, 5.41) is 17.1. The van der Waals surface area contributed by atoms with E-state index >= 15 is 0 Å². The van der Waals surface area contributed by atoms with Gasteiger partial charge in [0, 0.05) is 38.4 Å². The van der Waals surface area contributed by atoms with Crippen LogP contribution in [-0.2, 0) is 34.3 Å². The first-order chi connectivity index (χ1) is 22.6. The highest BCUT2D eigenvalue weighted by atomic mass is 32.2. The summed E-state index contributed by atoms with van der Waals surface area (Å²) < 4.78 is 36.0. The topological polar surface area (TPSA) is 211 Å². The molecule has 47 heavy (non-hydrogen) atoms. The number of carbonyl (C=O) groups is 2. The van der Waals surface area contributed by atoms with Crippen molar-refractivity contribution in [3.05, 3.63) is 93.9 Å². The average Bonchev–Trinajstić information content (AvgIpc) is 3.72. The molecular formula is C32H35N7O6S2. The number of guanidine groups is 1. The monoisotopic (exact) mass is 677 g/mol. The molecule has 246 valence electrons. The number of carboxylic acids is 1. The highest BCUT2D eigenvalue weighted by molar-refractivity contribution is 7.92. The summed E-state index contributed by atoms with van der Waals surface area (Å²) >= 11 is 0.984. The Morgan fingerprint density at radius 2 is 1.83 bits per heavy atom. The number of carboxylic acid groups (broad SMARTS) is 1. The average molecular weight is 678 g/mol. The fourth-order valence-electron chi connectivity index (χ4n) is 5.10. The molecule has 15 heteroatoms. The van der Waals surface area contributed by atoms with Gasteiger partial charge in [0.25, 0.3) is 15.9 Å². The Labute approximate surface area is 276 Å². The molecule has 0 radical (unpaired) electrons. The van der Waals surface area contributed by atoms with Gasteiger partial charge in [-0.1, -0.05) is 18.2 Å². The van der Waals surface area contributed by atoms with Crippen LogP contribution in [0, 0.1) is 0 Å². The zero-order valence-electron chi connectivity index (χ0n) is 25.3.